The van der Waals surface area contributed by atoms with Crippen LogP contribution in [0.3, 0.4) is 0 Å². The van der Waals surface area contributed by atoms with Crippen LogP contribution in [0.5, 0.6) is 0 Å². The molecular weight excluding hydrogens is 316 g/mol. The van der Waals surface area contributed by atoms with Gasteiger partial charge in [0.05, 0.1) is 24.4 Å². The minimum Gasteiger partial charge on any atom is -0.356 e. The average molecular weight is 342 g/mol. The topological polar surface area (TPSA) is 66.3 Å². The Morgan fingerprint density at radius 1 is 1.32 bits per heavy atom. The van der Waals surface area contributed by atoms with E-state index in [0.717, 1.165) is 24.0 Å². The molecule has 0 saturated carbocycles. The summed E-state index contributed by atoms with van der Waals surface area (Å²) in [4.78, 5) is 25.6. The number of rotatable bonds is 5. The van der Waals surface area contributed by atoms with Crippen LogP contribution in [-0.4, -0.2) is 47.6 Å². The second-order valence-corrected chi connectivity index (χ2v) is 6.90. The summed E-state index contributed by atoms with van der Waals surface area (Å²) in [6, 6.07) is 5.87. The molecule has 0 aliphatic carbocycles. The Labute approximate surface area is 148 Å². The van der Waals surface area contributed by atoms with Crippen molar-refractivity contribution in [3.63, 3.8) is 0 Å². The number of pyridine rings is 1. The van der Waals surface area contributed by atoms with Crippen LogP contribution < -0.4 is 15.1 Å². The molecule has 0 radical (unpaired) electrons. The lowest BCUT2D eigenvalue weighted by Gasteiger charge is -2.17. The predicted molar refractivity (Wildman–Crippen MR) is 98.5 cm³/mol. The van der Waals surface area contributed by atoms with E-state index in [1.165, 1.54) is 0 Å². The second kappa shape index (κ2) is 7.13. The van der Waals surface area contributed by atoms with Gasteiger partial charge < -0.3 is 19.7 Å². The number of anilines is 2. The molecule has 3 heterocycles. The SMILES string of the molecule is C[C@@H]1CN(c2ccccn2)C[C@H]1C(=O)NCc1cnc(N(C)C)n1C. The highest BCUT2D eigenvalue weighted by Crippen LogP contribution is 2.27. The van der Waals surface area contributed by atoms with E-state index in [9.17, 15) is 4.79 Å². The van der Waals surface area contributed by atoms with Gasteiger partial charge in [-0.25, -0.2) is 9.97 Å². The Kier molecular flexibility index (Phi) is 4.92. The van der Waals surface area contributed by atoms with Gasteiger partial charge in [-0.3, -0.25) is 4.79 Å². The lowest BCUT2D eigenvalue weighted by atomic mass is 9.97. The van der Waals surface area contributed by atoms with E-state index in [1.54, 1.807) is 6.20 Å². The summed E-state index contributed by atoms with van der Waals surface area (Å²) in [7, 11) is 5.87. The van der Waals surface area contributed by atoms with Gasteiger partial charge in [-0.05, 0) is 18.1 Å². The normalized spacial score (nSPS) is 19.9. The molecule has 0 bridgehead atoms. The molecule has 2 atom stereocenters. The minimum absolute atomic E-state index is 0.0245. The standard InChI is InChI=1S/C18H26N6O/c1-13-11-24(16-7-5-6-8-19-16)12-15(13)17(25)20-9-14-10-21-18(22(2)3)23(14)4/h5-8,10,13,15H,9,11-12H2,1-4H3,(H,20,25)/t13-,15-/m1/s1. The van der Waals surface area contributed by atoms with Crippen molar-refractivity contribution >= 4 is 17.7 Å². The Balaban J connectivity index is 1.60. The third-order valence-electron chi connectivity index (χ3n) is 4.83. The summed E-state index contributed by atoms with van der Waals surface area (Å²) in [5, 5.41) is 3.07. The summed E-state index contributed by atoms with van der Waals surface area (Å²) in [6.07, 6.45) is 3.60. The maximum Gasteiger partial charge on any atom is 0.225 e. The lowest BCUT2D eigenvalue weighted by Crippen LogP contribution is -2.34. The number of hydrogen-bond donors (Lipinski definition) is 1. The Hall–Kier alpha value is -2.57. The van der Waals surface area contributed by atoms with E-state index in [1.807, 2.05) is 55.0 Å². The van der Waals surface area contributed by atoms with Gasteiger partial charge in [0, 0.05) is 40.4 Å². The van der Waals surface area contributed by atoms with Crippen molar-refractivity contribution in [2.75, 3.05) is 37.0 Å². The molecule has 2 aromatic heterocycles. The zero-order valence-electron chi connectivity index (χ0n) is 15.3. The monoisotopic (exact) mass is 342 g/mol. The van der Waals surface area contributed by atoms with Gasteiger partial charge in [-0.15, -0.1) is 0 Å². The molecule has 25 heavy (non-hydrogen) atoms. The molecule has 0 spiro atoms. The van der Waals surface area contributed by atoms with E-state index < -0.39 is 0 Å². The van der Waals surface area contributed by atoms with Crippen LogP contribution in [0.15, 0.2) is 30.6 Å². The van der Waals surface area contributed by atoms with E-state index in [0.29, 0.717) is 19.0 Å². The number of imidazole rings is 1. The van der Waals surface area contributed by atoms with Gasteiger partial charge in [-0.2, -0.15) is 0 Å². The fourth-order valence-electron chi connectivity index (χ4n) is 3.36. The van der Waals surface area contributed by atoms with Gasteiger partial charge in [0.2, 0.25) is 11.9 Å². The third kappa shape index (κ3) is 3.60. The molecule has 134 valence electrons. The van der Waals surface area contributed by atoms with Crippen molar-refractivity contribution in [1.29, 1.82) is 0 Å². The Bertz CT molecular complexity index is 726. The van der Waals surface area contributed by atoms with E-state index in [2.05, 4.69) is 27.1 Å². The number of hydrogen-bond acceptors (Lipinski definition) is 5. The third-order valence-corrected chi connectivity index (χ3v) is 4.83. The van der Waals surface area contributed by atoms with E-state index in [4.69, 9.17) is 0 Å². The van der Waals surface area contributed by atoms with Gasteiger partial charge in [0.15, 0.2) is 0 Å². The van der Waals surface area contributed by atoms with Crippen LogP contribution in [0, 0.1) is 11.8 Å². The van der Waals surface area contributed by atoms with Crippen molar-refractivity contribution in [3.05, 3.63) is 36.3 Å². The molecule has 2 aromatic rings. The second-order valence-electron chi connectivity index (χ2n) is 6.90. The van der Waals surface area contributed by atoms with Crippen molar-refractivity contribution in [3.8, 4) is 0 Å². The number of nitrogens with zero attached hydrogens (tertiary/aromatic N) is 5. The molecule has 0 aromatic carbocycles. The van der Waals surface area contributed by atoms with Gasteiger partial charge >= 0.3 is 0 Å². The van der Waals surface area contributed by atoms with Crippen molar-refractivity contribution in [2.24, 2.45) is 18.9 Å². The summed E-state index contributed by atoms with van der Waals surface area (Å²) in [6.45, 7) is 4.17. The lowest BCUT2D eigenvalue weighted by molar-refractivity contribution is -0.125. The molecule has 1 aliphatic rings. The number of amides is 1. The first-order valence-corrected chi connectivity index (χ1v) is 8.59. The number of carbonyl (C=O) groups excluding carboxylic acids is 1. The maximum atomic E-state index is 12.7. The molecule has 1 saturated heterocycles. The van der Waals surface area contributed by atoms with Crippen molar-refractivity contribution in [1.82, 2.24) is 19.9 Å². The minimum atomic E-state index is -0.0245. The van der Waals surface area contributed by atoms with Crippen LogP contribution in [0.1, 0.15) is 12.6 Å². The fraction of sp³-hybridized carbons (Fsp3) is 0.500. The van der Waals surface area contributed by atoms with Gasteiger partial charge in [-0.1, -0.05) is 13.0 Å². The first-order valence-electron chi connectivity index (χ1n) is 8.59. The average Bonchev–Trinajstić information content (AvgIpc) is 3.16. The first-order chi connectivity index (χ1) is 12.0. The molecule has 7 heteroatoms. The molecule has 1 fully saturated rings. The highest BCUT2D eigenvalue weighted by molar-refractivity contribution is 5.80. The molecule has 0 unspecified atom stereocenters. The number of nitrogens with one attached hydrogen (secondary N) is 1. The van der Waals surface area contributed by atoms with Crippen molar-refractivity contribution in [2.45, 2.75) is 13.5 Å². The van der Waals surface area contributed by atoms with Crippen molar-refractivity contribution < 1.29 is 4.79 Å². The predicted octanol–water partition coefficient (Wildman–Crippen LogP) is 1.27. The molecule has 1 aliphatic heterocycles. The zero-order valence-corrected chi connectivity index (χ0v) is 15.3. The zero-order chi connectivity index (χ0) is 18.0. The summed E-state index contributed by atoms with van der Waals surface area (Å²) in [5.41, 5.74) is 0.990. The van der Waals surface area contributed by atoms with Crippen LogP contribution in [-0.2, 0) is 18.4 Å². The van der Waals surface area contributed by atoms with Gasteiger partial charge in [0.25, 0.3) is 0 Å². The Morgan fingerprint density at radius 2 is 2.12 bits per heavy atom. The largest absolute Gasteiger partial charge is 0.356 e. The smallest absolute Gasteiger partial charge is 0.225 e. The van der Waals surface area contributed by atoms with Crippen LogP contribution in [0.2, 0.25) is 0 Å². The van der Waals surface area contributed by atoms with E-state index in [-0.39, 0.29) is 11.8 Å². The molecule has 1 N–H and O–H groups in total. The highest BCUT2D eigenvalue weighted by Gasteiger charge is 2.35. The van der Waals surface area contributed by atoms with Crippen LogP contribution in [0.4, 0.5) is 11.8 Å². The van der Waals surface area contributed by atoms with Crippen LogP contribution in [0.25, 0.3) is 0 Å². The number of carbonyl (C=O) groups is 1. The van der Waals surface area contributed by atoms with Crippen LogP contribution >= 0.6 is 0 Å². The summed E-state index contributed by atoms with van der Waals surface area (Å²) in [5.74, 6) is 2.18. The highest BCUT2D eigenvalue weighted by atomic mass is 16.2. The molecule has 3 rings (SSSR count). The Morgan fingerprint density at radius 3 is 2.76 bits per heavy atom. The number of aromatic nitrogens is 3. The first kappa shape index (κ1) is 17.3. The maximum absolute atomic E-state index is 12.7. The fourth-order valence-corrected chi connectivity index (χ4v) is 3.36. The molecule has 1 amide bonds. The summed E-state index contributed by atoms with van der Waals surface area (Å²) >= 11 is 0. The quantitative estimate of drug-likeness (QED) is 0.886. The van der Waals surface area contributed by atoms with Gasteiger partial charge in [0.1, 0.15) is 5.82 Å². The summed E-state index contributed by atoms with van der Waals surface area (Å²) < 4.78 is 2.00. The van der Waals surface area contributed by atoms with E-state index >= 15 is 0 Å². The molecular formula is C18H26N6O. The molecule has 7 nitrogen and oxygen atoms in total.